The number of nitrogens with zero attached hydrogens (tertiary/aromatic N) is 4. The topological polar surface area (TPSA) is 181 Å². The summed E-state index contributed by atoms with van der Waals surface area (Å²) >= 11 is 0. The molecule has 0 aliphatic carbocycles. The van der Waals surface area contributed by atoms with Crippen LogP contribution in [0.5, 0.6) is 0 Å². The predicted octanol–water partition coefficient (Wildman–Crippen LogP) is 2.41. The summed E-state index contributed by atoms with van der Waals surface area (Å²) in [7, 11) is 1.82. The van der Waals surface area contributed by atoms with Crippen LogP contribution in [-0.2, 0) is 30.8 Å². The van der Waals surface area contributed by atoms with Gasteiger partial charge in [0.1, 0.15) is 12.0 Å². The smallest absolute Gasteiger partial charge is 0.287 e. The number of carbonyl (C=O) groups is 1. The molecule has 0 radical (unpaired) electrons. The second-order valence-electron chi connectivity index (χ2n) is 10.7. The van der Waals surface area contributed by atoms with Crippen molar-refractivity contribution in [3.63, 3.8) is 0 Å². The number of pyridine rings is 1. The van der Waals surface area contributed by atoms with Crippen LogP contribution in [0.3, 0.4) is 0 Å². The summed E-state index contributed by atoms with van der Waals surface area (Å²) in [6.07, 6.45) is 2.46. The van der Waals surface area contributed by atoms with E-state index in [0.717, 1.165) is 11.9 Å². The first-order chi connectivity index (χ1) is 22.8. The number of aliphatic hydroxyl groups is 1. The Morgan fingerprint density at radius 1 is 1.11 bits per heavy atom. The number of para-hydroxylation sites is 1. The molecule has 1 aliphatic heterocycles. The number of benzene rings is 1. The Bertz CT molecular complexity index is 1560. The van der Waals surface area contributed by atoms with Gasteiger partial charge in [-0.15, -0.1) is 0 Å². The van der Waals surface area contributed by atoms with Crippen LogP contribution in [-0.4, -0.2) is 89.3 Å². The van der Waals surface area contributed by atoms with Gasteiger partial charge in [0.05, 0.1) is 37.0 Å². The Kier molecular flexibility index (Phi) is 13.0. The molecule has 15 heteroatoms. The molecule has 3 atom stereocenters. The van der Waals surface area contributed by atoms with Crippen molar-refractivity contribution >= 4 is 17.4 Å². The zero-order valence-electron chi connectivity index (χ0n) is 26.8. The number of nitro groups is 1. The quantitative estimate of drug-likeness (QED) is 0.104. The van der Waals surface area contributed by atoms with Gasteiger partial charge in [-0.25, -0.2) is 9.67 Å². The molecular weight excluding hydrogens is 612 g/mol. The molecule has 1 aromatic carbocycles. The molecule has 2 aromatic heterocycles. The van der Waals surface area contributed by atoms with Crippen molar-refractivity contribution in [2.24, 2.45) is 13.0 Å². The number of allylic oxidation sites excluding steroid dienone is 1. The monoisotopic (exact) mass is 654 g/mol. The number of amides is 1. The summed E-state index contributed by atoms with van der Waals surface area (Å²) in [5.41, 5.74) is 1.64. The van der Waals surface area contributed by atoms with Crippen LogP contribution in [0.15, 0.2) is 65.3 Å². The largest absolute Gasteiger partial charge is 0.459 e. The highest BCUT2D eigenvalue weighted by atomic mass is 16.7. The van der Waals surface area contributed by atoms with E-state index in [1.54, 1.807) is 15.4 Å². The minimum atomic E-state index is -0.836. The average molecular weight is 655 g/mol. The molecule has 0 spiro atoms. The van der Waals surface area contributed by atoms with Crippen molar-refractivity contribution in [1.82, 2.24) is 19.7 Å². The van der Waals surface area contributed by atoms with E-state index >= 15 is 0 Å². The number of ether oxygens (including phenoxy) is 4. The van der Waals surface area contributed by atoms with Crippen molar-refractivity contribution < 1.29 is 33.8 Å². The van der Waals surface area contributed by atoms with Crippen molar-refractivity contribution in [2.45, 2.75) is 32.5 Å². The number of aliphatic hydroxyl groups excluding tert-OH is 1. The molecule has 0 saturated heterocycles. The highest BCUT2D eigenvalue weighted by Crippen LogP contribution is 2.39. The average Bonchev–Trinajstić information content (AvgIpc) is 3.30. The van der Waals surface area contributed by atoms with Gasteiger partial charge in [-0.05, 0) is 44.5 Å². The molecule has 0 fully saturated rings. The SMILES string of the molecule is CCO[C@@H]1OC(C(=O)NCCNc2ccc([N+](=O)[O-])cn2)=C[C@H](c2c(C)n(C)n(-c3ccccc3)c2=O)[C@H]1CCOCCOCCO. The summed E-state index contributed by atoms with van der Waals surface area (Å²) < 4.78 is 26.6. The van der Waals surface area contributed by atoms with Crippen molar-refractivity contribution in [2.75, 3.05) is 58.0 Å². The van der Waals surface area contributed by atoms with Crippen molar-refractivity contribution in [3.8, 4) is 5.69 Å². The molecule has 0 saturated carbocycles. The van der Waals surface area contributed by atoms with Gasteiger partial charge in [-0.1, -0.05) is 18.2 Å². The van der Waals surface area contributed by atoms with Gasteiger partial charge in [0, 0.05) is 62.5 Å². The molecule has 3 heterocycles. The molecule has 47 heavy (non-hydrogen) atoms. The second-order valence-corrected chi connectivity index (χ2v) is 10.7. The third kappa shape index (κ3) is 9.04. The predicted molar refractivity (Wildman–Crippen MR) is 172 cm³/mol. The molecule has 3 aromatic rings. The van der Waals surface area contributed by atoms with E-state index in [-0.39, 0.29) is 42.7 Å². The van der Waals surface area contributed by atoms with Crippen LogP contribution in [0.1, 0.15) is 30.5 Å². The lowest BCUT2D eigenvalue weighted by Crippen LogP contribution is -2.41. The highest BCUT2D eigenvalue weighted by Gasteiger charge is 2.41. The number of hydrogen-bond acceptors (Lipinski definition) is 11. The van der Waals surface area contributed by atoms with Crippen LogP contribution in [0, 0.1) is 23.0 Å². The molecule has 1 aliphatic rings. The van der Waals surface area contributed by atoms with Gasteiger partial charge in [-0.2, -0.15) is 0 Å². The fourth-order valence-electron chi connectivity index (χ4n) is 5.40. The van der Waals surface area contributed by atoms with E-state index in [2.05, 4.69) is 15.6 Å². The van der Waals surface area contributed by atoms with Gasteiger partial charge < -0.3 is 34.7 Å². The molecule has 1 amide bonds. The summed E-state index contributed by atoms with van der Waals surface area (Å²) in [5, 5.41) is 25.6. The van der Waals surface area contributed by atoms with Crippen LogP contribution >= 0.6 is 0 Å². The summed E-state index contributed by atoms with van der Waals surface area (Å²) in [4.78, 5) is 41.8. The van der Waals surface area contributed by atoms with E-state index in [4.69, 9.17) is 24.1 Å². The third-order valence-corrected chi connectivity index (χ3v) is 7.75. The first-order valence-electron chi connectivity index (χ1n) is 15.5. The number of nitrogens with one attached hydrogen (secondary N) is 2. The molecule has 254 valence electrons. The van der Waals surface area contributed by atoms with Gasteiger partial charge >= 0.3 is 0 Å². The first-order valence-corrected chi connectivity index (χ1v) is 15.5. The number of hydrogen-bond donors (Lipinski definition) is 3. The molecule has 4 rings (SSSR count). The fourth-order valence-corrected chi connectivity index (χ4v) is 5.40. The number of anilines is 1. The van der Waals surface area contributed by atoms with Crippen LogP contribution in [0.2, 0.25) is 0 Å². The summed E-state index contributed by atoms with van der Waals surface area (Å²) in [6.45, 7) is 5.66. The maximum Gasteiger partial charge on any atom is 0.287 e. The second kappa shape index (κ2) is 17.4. The molecule has 15 nitrogen and oxygen atoms in total. The van der Waals surface area contributed by atoms with Crippen LogP contribution in [0.4, 0.5) is 11.5 Å². The van der Waals surface area contributed by atoms with E-state index in [1.807, 2.05) is 51.2 Å². The highest BCUT2D eigenvalue weighted by molar-refractivity contribution is 5.91. The van der Waals surface area contributed by atoms with Crippen molar-refractivity contribution in [3.05, 3.63) is 92.2 Å². The Hall–Kier alpha value is -4.57. The number of rotatable bonds is 18. The van der Waals surface area contributed by atoms with E-state index < -0.39 is 23.0 Å². The minimum Gasteiger partial charge on any atom is -0.459 e. The van der Waals surface area contributed by atoms with Crippen LogP contribution < -0.4 is 16.2 Å². The number of carbonyl (C=O) groups excluding carboxylic acids is 1. The Balaban J connectivity index is 1.56. The molecular formula is C32H42N6O9. The molecule has 3 N–H and O–H groups in total. The van der Waals surface area contributed by atoms with Gasteiger partial charge in [0.25, 0.3) is 17.2 Å². The Morgan fingerprint density at radius 3 is 2.51 bits per heavy atom. The third-order valence-electron chi connectivity index (χ3n) is 7.75. The first kappa shape index (κ1) is 35.3. The van der Waals surface area contributed by atoms with Gasteiger partial charge in [-0.3, -0.25) is 24.4 Å². The van der Waals surface area contributed by atoms with E-state index in [0.29, 0.717) is 56.5 Å². The maximum absolute atomic E-state index is 14.1. The van der Waals surface area contributed by atoms with Crippen molar-refractivity contribution in [1.29, 1.82) is 0 Å². The summed E-state index contributed by atoms with van der Waals surface area (Å²) in [5.74, 6) is -0.927. The lowest BCUT2D eigenvalue weighted by molar-refractivity contribution is -0.385. The fraction of sp³-hybridized carbons (Fsp3) is 0.469. The normalized spacial score (nSPS) is 17.5. The standard InChI is InChI=1S/C32H42N6O9/c1-4-46-32-25(12-16-44-18-19-45-17-15-39)26(29-22(2)36(3)37(31(29)41)23-8-6-5-7-9-23)20-27(47-32)30(40)34-14-13-33-28-11-10-24(21-35-28)38(42)43/h5-11,20-21,25-26,32,39H,4,12-19H2,1-3H3,(H,33,35)(H,34,40)/t25-,26+,32-/m1/s1. The lowest BCUT2D eigenvalue weighted by Gasteiger charge is -2.36. The zero-order chi connectivity index (χ0) is 33.8. The van der Waals surface area contributed by atoms with Gasteiger partial charge in [0.2, 0.25) is 6.29 Å². The molecule has 0 bridgehead atoms. The van der Waals surface area contributed by atoms with E-state index in [9.17, 15) is 19.7 Å². The van der Waals surface area contributed by atoms with E-state index in [1.165, 1.54) is 12.1 Å². The zero-order valence-corrected chi connectivity index (χ0v) is 26.8. The summed E-state index contributed by atoms with van der Waals surface area (Å²) in [6, 6.07) is 12.2. The maximum atomic E-state index is 14.1. The number of aromatic nitrogens is 3. The Morgan fingerprint density at radius 2 is 1.85 bits per heavy atom. The van der Waals surface area contributed by atoms with Crippen LogP contribution in [0.25, 0.3) is 5.69 Å². The lowest BCUT2D eigenvalue weighted by atomic mass is 9.81. The minimum absolute atomic E-state index is 0.0328. The molecule has 0 unspecified atom stereocenters. The van der Waals surface area contributed by atoms with Gasteiger partial charge in [0.15, 0.2) is 5.76 Å². The Labute approximate surface area is 272 Å².